The van der Waals surface area contributed by atoms with Crippen LogP contribution in [-0.2, 0) is 17.8 Å². The van der Waals surface area contributed by atoms with Crippen molar-refractivity contribution in [3.63, 3.8) is 0 Å². The highest BCUT2D eigenvalue weighted by molar-refractivity contribution is 14.0. The van der Waals surface area contributed by atoms with E-state index in [-0.39, 0.29) is 29.7 Å². The number of ether oxygens (including phenoxy) is 3. The summed E-state index contributed by atoms with van der Waals surface area (Å²) in [6.07, 6.45) is 0. The number of aliphatic imine (C=N–C) groups is 1. The van der Waals surface area contributed by atoms with Gasteiger partial charge in [-0.05, 0) is 36.2 Å². The van der Waals surface area contributed by atoms with Gasteiger partial charge in [0.1, 0.15) is 18.1 Å². The van der Waals surface area contributed by atoms with Crippen molar-refractivity contribution in [1.29, 1.82) is 0 Å². The predicted molar refractivity (Wildman–Crippen MR) is 124 cm³/mol. The molecule has 2 aromatic carbocycles. The average molecular weight is 535 g/mol. The summed E-state index contributed by atoms with van der Waals surface area (Å²) in [7, 11) is 3.30. The van der Waals surface area contributed by atoms with Crippen LogP contribution in [0.4, 0.5) is 8.78 Å². The van der Waals surface area contributed by atoms with E-state index in [9.17, 15) is 8.78 Å². The Hall–Kier alpha value is -2.14. The van der Waals surface area contributed by atoms with Crippen LogP contribution in [0.25, 0.3) is 0 Å². The lowest BCUT2D eigenvalue weighted by molar-refractivity contribution is -0.0498. The van der Waals surface area contributed by atoms with Gasteiger partial charge in [-0.3, -0.25) is 4.99 Å². The van der Waals surface area contributed by atoms with E-state index >= 15 is 0 Å². The van der Waals surface area contributed by atoms with Crippen molar-refractivity contribution in [2.45, 2.75) is 26.6 Å². The highest BCUT2D eigenvalue weighted by Crippen LogP contribution is 2.20. The van der Waals surface area contributed by atoms with Crippen LogP contribution in [0.1, 0.15) is 16.7 Å². The maximum Gasteiger partial charge on any atom is 0.387 e. The second kappa shape index (κ2) is 14.0. The summed E-state index contributed by atoms with van der Waals surface area (Å²) in [5, 5.41) is 6.38. The van der Waals surface area contributed by atoms with Gasteiger partial charge in [0.05, 0.1) is 6.61 Å². The minimum absolute atomic E-state index is 0. The molecule has 0 saturated heterocycles. The number of halogens is 3. The summed E-state index contributed by atoms with van der Waals surface area (Å²) in [6, 6.07) is 12.5. The van der Waals surface area contributed by atoms with Crippen molar-refractivity contribution in [1.82, 2.24) is 10.6 Å². The molecule has 0 atom stereocenters. The van der Waals surface area contributed by atoms with Gasteiger partial charge in [0.15, 0.2) is 5.96 Å². The maximum atomic E-state index is 12.4. The van der Waals surface area contributed by atoms with Gasteiger partial charge in [0.25, 0.3) is 0 Å². The lowest BCUT2D eigenvalue weighted by Gasteiger charge is -2.16. The number of benzene rings is 2. The van der Waals surface area contributed by atoms with E-state index in [1.807, 2.05) is 31.2 Å². The molecule has 0 amide bonds. The molecule has 166 valence electrons. The molecule has 0 bridgehead atoms. The number of nitrogens with zero attached hydrogens (tertiary/aromatic N) is 1. The predicted octanol–water partition coefficient (Wildman–Crippen LogP) is 4.10. The van der Waals surface area contributed by atoms with Crippen LogP contribution < -0.4 is 20.1 Å². The molecule has 9 heteroatoms. The van der Waals surface area contributed by atoms with Gasteiger partial charge in [0, 0.05) is 32.8 Å². The second-order valence-electron chi connectivity index (χ2n) is 6.26. The third-order valence-corrected chi connectivity index (χ3v) is 4.02. The Kier molecular flexibility index (Phi) is 12.1. The van der Waals surface area contributed by atoms with Crippen LogP contribution in [0.5, 0.6) is 11.5 Å². The minimum atomic E-state index is -2.84. The lowest BCUT2D eigenvalue weighted by atomic mass is 10.1. The first-order valence-electron chi connectivity index (χ1n) is 9.21. The molecule has 0 aliphatic heterocycles. The van der Waals surface area contributed by atoms with E-state index in [2.05, 4.69) is 20.4 Å². The van der Waals surface area contributed by atoms with Gasteiger partial charge < -0.3 is 24.8 Å². The topological polar surface area (TPSA) is 64.1 Å². The van der Waals surface area contributed by atoms with Gasteiger partial charge in [-0.1, -0.05) is 24.3 Å². The monoisotopic (exact) mass is 535 g/mol. The molecule has 30 heavy (non-hydrogen) atoms. The molecule has 2 N–H and O–H groups in total. The molecule has 0 unspecified atom stereocenters. The number of alkyl halides is 2. The summed E-state index contributed by atoms with van der Waals surface area (Å²) in [4.78, 5) is 4.19. The third kappa shape index (κ3) is 9.12. The zero-order chi connectivity index (χ0) is 21.1. The summed E-state index contributed by atoms with van der Waals surface area (Å²) < 4.78 is 40.0. The molecule has 2 aromatic rings. The van der Waals surface area contributed by atoms with E-state index in [1.165, 1.54) is 6.07 Å². The van der Waals surface area contributed by atoms with Gasteiger partial charge in [-0.15, -0.1) is 24.0 Å². The van der Waals surface area contributed by atoms with Crippen molar-refractivity contribution >= 4 is 29.9 Å². The number of hydrogen-bond donors (Lipinski definition) is 2. The zero-order valence-corrected chi connectivity index (χ0v) is 19.6. The number of nitrogens with one attached hydrogen (secondary N) is 2. The van der Waals surface area contributed by atoms with Crippen molar-refractivity contribution < 1.29 is 23.0 Å². The Bertz CT molecular complexity index is 807. The molecule has 0 radical (unpaired) electrons. The van der Waals surface area contributed by atoms with Crippen LogP contribution in [0.15, 0.2) is 47.5 Å². The van der Waals surface area contributed by atoms with E-state index in [0.717, 1.165) is 22.4 Å². The Morgan fingerprint density at radius 3 is 2.53 bits per heavy atom. The van der Waals surface area contributed by atoms with E-state index < -0.39 is 6.61 Å². The SMILES string of the molecule is CN=C(NCc1cccc(OC(F)F)c1)NCc1ccc(C)cc1OCCOC.I. The van der Waals surface area contributed by atoms with Gasteiger partial charge in [-0.25, -0.2) is 0 Å². The largest absolute Gasteiger partial charge is 0.491 e. The Labute approximate surface area is 193 Å². The summed E-state index contributed by atoms with van der Waals surface area (Å²) in [5.41, 5.74) is 2.89. The smallest absolute Gasteiger partial charge is 0.387 e. The minimum Gasteiger partial charge on any atom is -0.491 e. The van der Waals surface area contributed by atoms with E-state index in [1.54, 1.807) is 26.3 Å². The first-order valence-corrected chi connectivity index (χ1v) is 9.21. The first kappa shape index (κ1) is 25.9. The molecule has 0 saturated carbocycles. The molecule has 0 fully saturated rings. The number of methoxy groups -OCH3 is 1. The van der Waals surface area contributed by atoms with E-state index in [0.29, 0.717) is 32.3 Å². The first-order chi connectivity index (χ1) is 14.0. The quantitative estimate of drug-likeness (QED) is 0.208. The van der Waals surface area contributed by atoms with Gasteiger partial charge >= 0.3 is 6.61 Å². The number of guanidine groups is 1. The maximum absolute atomic E-state index is 12.4. The number of hydrogen-bond acceptors (Lipinski definition) is 4. The summed E-state index contributed by atoms with van der Waals surface area (Å²) >= 11 is 0. The van der Waals surface area contributed by atoms with E-state index in [4.69, 9.17) is 9.47 Å². The molecular weight excluding hydrogens is 507 g/mol. The molecule has 0 spiro atoms. The highest BCUT2D eigenvalue weighted by atomic mass is 127. The van der Waals surface area contributed by atoms with Crippen LogP contribution in [0.2, 0.25) is 0 Å². The second-order valence-corrected chi connectivity index (χ2v) is 6.26. The number of aryl methyl sites for hydroxylation is 1. The van der Waals surface area contributed by atoms with Crippen LogP contribution in [0.3, 0.4) is 0 Å². The third-order valence-electron chi connectivity index (χ3n) is 4.02. The molecule has 0 aromatic heterocycles. The molecule has 0 aliphatic rings. The fraction of sp³-hybridized carbons (Fsp3) is 0.381. The van der Waals surface area contributed by atoms with Crippen LogP contribution in [0, 0.1) is 6.92 Å². The molecule has 2 rings (SSSR count). The van der Waals surface area contributed by atoms with Crippen LogP contribution in [-0.4, -0.2) is 39.9 Å². The molecule has 0 heterocycles. The number of rotatable bonds is 10. The highest BCUT2D eigenvalue weighted by Gasteiger charge is 2.07. The normalized spacial score (nSPS) is 11.1. The van der Waals surface area contributed by atoms with Crippen molar-refractivity contribution in [3.05, 3.63) is 59.2 Å². The van der Waals surface area contributed by atoms with Crippen LogP contribution >= 0.6 is 24.0 Å². The van der Waals surface area contributed by atoms with Gasteiger partial charge in [-0.2, -0.15) is 8.78 Å². The fourth-order valence-corrected chi connectivity index (χ4v) is 2.59. The standard InChI is InChI=1S/C21H27F2N3O3.HI/c1-15-7-8-17(19(11-15)28-10-9-27-3)14-26-21(24-2)25-13-16-5-4-6-18(12-16)29-20(22)23;/h4-8,11-12,20H,9-10,13-14H2,1-3H3,(H2,24,25,26);1H. The Morgan fingerprint density at radius 2 is 1.83 bits per heavy atom. The molecular formula is C21H28F2IN3O3. The molecule has 0 aliphatic carbocycles. The Morgan fingerprint density at radius 1 is 1.07 bits per heavy atom. The zero-order valence-electron chi connectivity index (χ0n) is 17.3. The fourth-order valence-electron chi connectivity index (χ4n) is 2.59. The van der Waals surface area contributed by atoms with Gasteiger partial charge in [0.2, 0.25) is 0 Å². The Balaban J connectivity index is 0.00000450. The lowest BCUT2D eigenvalue weighted by Crippen LogP contribution is -2.36. The average Bonchev–Trinajstić information content (AvgIpc) is 2.69. The molecule has 6 nitrogen and oxygen atoms in total. The summed E-state index contributed by atoms with van der Waals surface area (Å²) in [6.45, 7) is 1.06. The van der Waals surface area contributed by atoms with Crippen molar-refractivity contribution in [3.8, 4) is 11.5 Å². The van der Waals surface area contributed by atoms with Crippen molar-refractivity contribution in [2.75, 3.05) is 27.4 Å². The van der Waals surface area contributed by atoms with Crippen molar-refractivity contribution in [2.24, 2.45) is 4.99 Å². The summed E-state index contributed by atoms with van der Waals surface area (Å²) in [5.74, 6) is 1.50.